The quantitative estimate of drug-likeness (QED) is 0.636. The first-order valence-corrected chi connectivity index (χ1v) is 9.49. The Kier molecular flexibility index (Phi) is 4.48. The van der Waals surface area contributed by atoms with Gasteiger partial charge in [0.1, 0.15) is 0 Å². The third-order valence-electron chi connectivity index (χ3n) is 5.36. The highest BCUT2D eigenvalue weighted by atomic mass is 16.2. The summed E-state index contributed by atoms with van der Waals surface area (Å²) < 4.78 is 2.22. The second-order valence-corrected chi connectivity index (χ2v) is 7.23. The lowest BCUT2D eigenvalue weighted by atomic mass is 10.1. The summed E-state index contributed by atoms with van der Waals surface area (Å²) in [4.78, 5) is 15.2. The van der Waals surface area contributed by atoms with Gasteiger partial charge in [-0.2, -0.15) is 0 Å². The molecule has 3 aromatic rings. The van der Waals surface area contributed by atoms with Crippen molar-refractivity contribution in [2.24, 2.45) is 0 Å². The number of amides is 2. The van der Waals surface area contributed by atoms with E-state index in [1.54, 1.807) is 0 Å². The van der Waals surface area contributed by atoms with E-state index < -0.39 is 0 Å². The Morgan fingerprint density at radius 1 is 1.11 bits per heavy atom. The number of carbonyl (C=O) groups excluding carboxylic acids is 1. The Morgan fingerprint density at radius 3 is 2.70 bits per heavy atom. The molecule has 0 radical (unpaired) electrons. The maximum absolute atomic E-state index is 13.3. The number of carbonyl (C=O) groups is 1. The minimum absolute atomic E-state index is 0.0261. The zero-order valence-corrected chi connectivity index (χ0v) is 16.1. The van der Waals surface area contributed by atoms with Gasteiger partial charge in [-0.25, -0.2) is 4.79 Å². The maximum atomic E-state index is 13.3. The molecule has 1 N–H and O–H groups in total. The third-order valence-corrected chi connectivity index (χ3v) is 5.36. The van der Waals surface area contributed by atoms with E-state index in [-0.39, 0.29) is 12.1 Å². The van der Waals surface area contributed by atoms with Gasteiger partial charge in [0.25, 0.3) is 0 Å². The summed E-state index contributed by atoms with van der Waals surface area (Å²) in [6, 6.07) is 18.6. The molecular formula is C23H25N3O. The van der Waals surface area contributed by atoms with Crippen molar-refractivity contribution in [2.45, 2.75) is 39.8 Å². The third kappa shape index (κ3) is 3.12. The number of hydrogen-bond acceptors (Lipinski definition) is 1. The SMILES string of the molecule is CCC1c2cccn2-c2ccccc2CN1C(=O)Nc1ccc(C)cc1C. The predicted molar refractivity (Wildman–Crippen MR) is 109 cm³/mol. The van der Waals surface area contributed by atoms with Crippen LogP contribution in [0.1, 0.15) is 41.8 Å². The molecule has 2 heterocycles. The Morgan fingerprint density at radius 2 is 1.93 bits per heavy atom. The Balaban J connectivity index is 1.72. The largest absolute Gasteiger partial charge is 0.322 e. The van der Waals surface area contributed by atoms with Crippen LogP contribution in [0, 0.1) is 13.8 Å². The van der Waals surface area contributed by atoms with Gasteiger partial charge < -0.3 is 14.8 Å². The lowest BCUT2D eigenvalue weighted by Gasteiger charge is -2.30. The first-order chi connectivity index (χ1) is 13.1. The van der Waals surface area contributed by atoms with Crippen molar-refractivity contribution in [1.29, 1.82) is 0 Å². The van der Waals surface area contributed by atoms with Gasteiger partial charge in [-0.15, -0.1) is 0 Å². The van der Waals surface area contributed by atoms with E-state index in [1.807, 2.05) is 30.0 Å². The monoisotopic (exact) mass is 359 g/mol. The van der Waals surface area contributed by atoms with Crippen LogP contribution in [-0.2, 0) is 6.54 Å². The Hall–Kier alpha value is -3.01. The number of benzene rings is 2. The van der Waals surface area contributed by atoms with Gasteiger partial charge in [-0.1, -0.05) is 42.8 Å². The number of para-hydroxylation sites is 1. The van der Waals surface area contributed by atoms with Gasteiger partial charge in [0.05, 0.1) is 18.3 Å². The van der Waals surface area contributed by atoms with Gasteiger partial charge in [-0.05, 0) is 55.7 Å². The normalized spacial score (nSPS) is 15.7. The van der Waals surface area contributed by atoms with Crippen molar-refractivity contribution in [3.63, 3.8) is 0 Å². The van der Waals surface area contributed by atoms with Gasteiger partial charge in [-0.3, -0.25) is 0 Å². The van der Waals surface area contributed by atoms with Gasteiger partial charge >= 0.3 is 6.03 Å². The topological polar surface area (TPSA) is 37.3 Å². The smallest absolute Gasteiger partial charge is 0.318 e. The van der Waals surface area contributed by atoms with Crippen LogP contribution >= 0.6 is 0 Å². The van der Waals surface area contributed by atoms with Gasteiger partial charge in [0, 0.05) is 17.6 Å². The summed E-state index contributed by atoms with van der Waals surface area (Å²) in [6.07, 6.45) is 2.95. The van der Waals surface area contributed by atoms with E-state index in [9.17, 15) is 4.79 Å². The molecule has 2 amide bonds. The lowest BCUT2D eigenvalue weighted by Crippen LogP contribution is -2.37. The van der Waals surface area contributed by atoms with Crippen LogP contribution in [0.2, 0.25) is 0 Å². The van der Waals surface area contributed by atoms with Crippen molar-refractivity contribution in [2.75, 3.05) is 5.32 Å². The van der Waals surface area contributed by atoms with Crippen LogP contribution < -0.4 is 5.32 Å². The molecule has 4 rings (SSSR count). The standard InChI is InChI=1S/C23H25N3O/c1-4-20-22-10-7-13-25(22)21-9-6-5-8-18(21)15-26(20)23(27)24-19-12-11-16(2)14-17(19)3/h5-14,20H,4,15H2,1-3H3,(H,24,27). The summed E-state index contributed by atoms with van der Waals surface area (Å²) >= 11 is 0. The van der Waals surface area contributed by atoms with E-state index >= 15 is 0 Å². The van der Waals surface area contributed by atoms with E-state index in [2.05, 4.69) is 66.3 Å². The molecule has 0 saturated heterocycles. The molecule has 0 bridgehead atoms. The molecular weight excluding hydrogens is 334 g/mol. The summed E-state index contributed by atoms with van der Waals surface area (Å²) in [5.41, 5.74) is 6.60. The molecule has 1 aliphatic rings. The average molecular weight is 359 g/mol. The number of fused-ring (bicyclic) bond motifs is 3. The molecule has 0 aliphatic carbocycles. The molecule has 4 heteroatoms. The fourth-order valence-corrected chi connectivity index (χ4v) is 4.00. The molecule has 1 aliphatic heterocycles. The molecule has 138 valence electrons. The minimum atomic E-state index is -0.0572. The van der Waals surface area contributed by atoms with Crippen molar-refractivity contribution in [3.05, 3.63) is 83.2 Å². The summed E-state index contributed by atoms with van der Waals surface area (Å²) in [7, 11) is 0. The van der Waals surface area contributed by atoms with Crippen LogP contribution in [0.15, 0.2) is 60.8 Å². The molecule has 0 saturated carbocycles. The average Bonchev–Trinajstić information content (AvgIpc) is 3.08. The fourth-order valence-electron chi connectivity index (χ4n) is 4.00. The van der Waals surface area contributed by atoms with Crippen LogP contribution in [0.5, 0.6) is 0 Å². The van der Waals surface area contributed by atoms with Crippen LogP contribution in [-0.4, -0.2) is 15.5 Å². The maximum Gasteiger partial charge on any atom is 0.322 e. The molecule has 1 unspecified atom stereocenters. The minimum Gasteiger partial charge on any atom is -0.318 e. The van der Waals surface area contributed by atoms with Crippen LogP contribution in [0.3, 0.4) is 0 Å². The van der Waals surface area contributed by atoms with Crippen molar-refractivity contribution in [3.8, 4) is 5.69 Å². The number of urea groups is 1. The van der Waals surface area contributed by atoms with Crippen LogP contribution in [0.25, 0.3) is 5.69 Å². The molecule has 1 atom stereocenters. The second-order valence-electron chi connectivity index (χ2n) is 7.23. The summed E-state index contributed by atoms with van der Waals surface area (Å²) in [5.74, 6) is 0. The molecule has 2 aromatic carbocycles. The van der Waals surface area contributed by atoms with E-state index in [1.165, 1.54) is 5.56 Å². The van der Waals surface area contributed by atoms with Crippen LogP contribution in [0.4, 0.5) is 10.5 Å². The highest BCUT2D eigenvalue weighted by Crippen LogP contribution is 2.34. The lowest BCUT2D eigenvalue weighted by molar-refractivity contribution is 0.181. The molecule has 4 nitrogen and oxygen atoms in total. The molecule has 0 fully saturated rings. The number of nitrogens with one attached hydrogen (secondary N) is 1. The summed E-state index contributed by atoms with van der Waals surface area (Å²) in [5, 5.41) is 3.13. The molecule has 1 aromatic heterocycles. The molecule has 0 spiro atoms. The second kappa shape index (κ2) is 6.95. The number of hydrogen-bond donors (Lipinski definition) is 1. The zero-order chi connectivity index (χ0) is 19.0. The number of nitrogens with zero attached hydrogens (tertiary/aromatic N) is 2. The van der Waals surface area contributed by atoms with Crippen molar-refractivity contribution < 1.29 is 4.79 Å². The van der Waals surface area contributed by atoms with E-state index in [4.69, 9.17) is 0 Å². The summed E-state index contributed by atoms with van der Waals surface area (Å²) in [6.45, 7) is 6.82. The number of anilines is 1. The predicted octanol–water partition coefficient (Wildman–Crippen LogP) is 5.59. The number of rotatable bonds is 2. The Bertz CT molecular complexity index is 989. The van der Waals surface area contributed by atoms with Crippen molar-refractivity contribution >= 4 is 11.7 Å². The molecule has 27 heavy (non-hydrogen) atoms. The first kappa shape index (κ1) is 17.4. The first-order valence-electron chi connectivity index (χ1n) is 9.49. The number of aryl methyl sites for hydroxylation is 2. The van der Waals surface area contributed by atoms with Gasteiger partial charge in [0.15, 0.2) is 0 Å². The Labute approximate surface area is 160 Å². The van der Waals surface area contributed by atoms with E-state index in [0.29, 0.717) is 6.54 Å². The van der Waals surface area contributed by atoms with Crippen molar-refractivity contribution in [1.82, 2.24) is 9.47 Å². The van der Waals surface area contributed by atoms with Gasteiger partial charge in [0.2, 0.25) is 0 Å². The number of aromatic nitrogens is 1. The zero-order valence-electron chi connectivity index (χ0n) is 16.1. The van der Waals surface area contributed by atoms with E-state index in [0.717, 1.165) is 34.6 Å². The highest BCUT2D eigenvalue weighted by Gasteiger charge is 2.30. The highest BCUT2D eigenvalue weighted by molar-refractivity contribution is 5.90. The fraction of sp³-hybridized carbons (Fsp3) is 0.261.